The van der Waals surface area contributed by atoms with Crippen molar-refractivity contribution in [1.82, 2.24) is 9.80 Å². The van der Waals surface area contributed by atoms with Crippen LogP contribution in [-0.4, -0.2) is 59.3 Å². The molecule has 1 N–H and O–H groups in total. The molecule has 0 bridgehead atoms. The van der Waals surface area contributed by atoms with E-state index < -0.39 is 5.60 Å². The Morgan fingerprint density at radius 1 is 1.05 bits per heavy atom. The molecule has 2 atom stereocenters. The summed E-state index contributed by atoms with van der Waals surface area (Å²) >= 11 is 0. The van der Waals surface area contributed by atoms with Crippen molar-refractivity contribution in [2.45, 2.75) is 64.5 Å². The maximum atomic E-state index is 9.91. The molecule has 1 heterocycles. The molecular weight excluding hydrogens is 236 g/mol. The van der Waals surface area contributed by atoms with Crippen molar-refractivity contribution < 1.29 is 5.11 Å². The van der Waals surface area contributed by atoms with E-state index in [1.54, 1.807) is 0 Å². The Kier molecular flexibility index (Phi) is 5.27. The average Bonchev–Trinajstić information content (AvgIpc) is 2.38. The molecule has 2 unspecified atom stereocenters. The van der Waals surface area contributed by atoms with Crippen molar-refractivity contribution in [2.24, 2.45) is 5.92 Å². The summed E-state index contributed by atoms with van der Waals surface area (Å²) in [7, 11) is 0. The molecule has 2 rings (SSSR count). The van der Waals surface area contributed by atoms with E-state index in [2.05, 4.69) is 16.7 Å². The lowest BCUT2D eigenvalue weighted by Crippen LogP contribution is -2.55. The molecule has 0 aromatic heterocycles. The minimum Gasteiger partial charge on any atom is -0.389 e. The molecule has 19 heavy (non-hydrogen) atoms. The summed E-state index contributed by atoms with van der Waals surface area (Å²) < 4.78 is 0. The first-order valence-electron chi connectivity index (χ1n) is 8.18. The van der Waals surface area contributed by atoms with Crippen molar-refractivity contribution in [3.8, 4) is 0 Å². The van der Waals surface area contributed by atoms with Gasteiger partial charge in [-0.1, -0.05) is 26.2 Å². The van der Waals surface area contributed by atoms with Crippen LogP contribution in [0.25, 0.3) is 0 Å². The Labute approximate surface area is 119 Å². The molecule has 0 aromatic carbocycles. The van der Waals surface area contributed by atoms with Crippen molar-refractivity contribution >= 4 is 0 Å². The molecule has 1 saturated heterocycles. The van der Waals surface area contributed by atoms with E-state index in [9.17, 15) is 5.11 Å². The van der Waals surface area contributed by atoms with Crippen molar-refractivity contribution in [2.75, 3.05) is 32.7 Å². The van der Waals surface area contributed by atoms with Crippen LogP contribution in [0.4, 0.5) is 0 Å². The molecule has 1 aliphatic heterocycles. The van der Waals surface area contributed by atoms with Crippen LogP contribution in [0.1, 0.15) is 52.9 Å². The summed E-state index contributed by atoms with van der Waals surface area (Å²) in [5.74, 6) is 0.926. The zero-order chi connectivity index (χ0) is 13.9. The van der Waals surface area contributed by atoms with Gasteiger partial charge in [-0.3, -0.25) is 9.80 Å². The van der Waals surface area contributed by atoms with Crippen LogP contribution in [0.3, 0.4) is 0 Å². The van der Waals surface area contributed by atoms with Gasteiger partial charge in [-0.2, -0.15) is 0 Å². The van der Waals surface area contributed by atoms with Gasteiger partial charge in [0.2, 0.25) is 0 Å². The smallest absolute Gasteiger partial charge is 0.0718 e. The van der Waals surface area contributed by atoms with Crippen LogP contribution in [0.2, 0.25) is 0 Å². The van der Waals surface area contributed by atoms with Gasteiger partial charge in [-0.15, -0.1) is 0 Å². The maximum absolute atomic E-state index is 9.91. The third kappa shape index (κ3) is 4.44. The van der Waals surface area contributed by atoms with E-state index in [1.807, 2.05) is 13.8 Å². The second kappa shape index (κ2) is 6.55. The molecule has 112 valence electrons. The van der Waals surface area contributed by atoms with Gasteiger partial charge in [0.25, 0.3) is 0 Å². The molecule has 1 saturated carbocycles. The fourth-order valence-corrected chi connectivity index (χ4v) is 3.95. The molecule has 3 heteroatoms. The molecule has 0 spiro atoms. The number of rotatable bonds is 4. The summed E-state index contributed by atoms with van der Waals surface area (Å²) in [5.41, 5.74) is -0.557. The van der Waals surface area contributed by atoms with Crippen molar-refractivity contribution in [3.05, 3.63) is 0 Å². The highest BCUT2D eigenvalue weighted by molar-refractivity contribution is 4.86. The predicted molar refractivity (Wildman–Crippen MR) is 80.3 cm³/mol. The first-order valence-corrected chi connectivity index (χ1v) is 8.18. The SMILES string of the molecule is CCC1CCCCC1N1CCN(CC(C)(C)O)CC1. The van der Waals surface area contributed by atoms with Gasteiger partial charge in [0.15, 0.2) is 0 Å². The summed E-state index contributed by atoms with van der Waals surface area (Å²) in [6, 6.07) is 0.836. The second-order valence-corrected chi connectivity index (χ2v) is 7.14. The van der Waals surface area contributed by atoms with Gasteiger partial charge in [0, 0.05) is 38.8 Å². The lowest BCUT2D eigenvalue weighted by molar-refractivity contribution is -0.000641. The lowest BCUT2D eigenvalue weighted by atomic mass is 9.81. The Hall–Kier alpha value is -0.120. The van der Waals surface area contributed by atoms with E-state index in [4.69, 9.17) is 0 Å². The normalized spacial score (nSPS) is 31.6. The van der Waals surface area contributed by atoms with Crippen LogP contribution in [-0.2, 0) is 0 Å². The van der Waals surface area contributed by atoms with Crippen LogP contribution in [0, 0.1) is 5.92 Å². The quantitative estimate of drug-likeness (QED) is 0.848. The first kappa shape index (κ1) is 15.3. The molecule has 0 aromatic rings. The molecular formula is C16H32N2O. The zero-order valence-corrected chi connectivity index (χ0v) is 13.1. The van der Waals surface area contributed by atoms with Gasteiger partial charge in [-0.25, -0.2) is 0 Å². The zero-order valence-electron chi connectivity index (χ0n) is 13.1. The van der Waals surface area contributed by atoms with Gasteiger partial charge in [0.05, 0.1) is 5.60 Å². The van der Waals surface area contributed by atoms with Crippen LogP contribution < -0.4 is 0 Å². The van der Waals surface area contributed by atoms with Crippen LogP contribution >= 0.6 is 0 Å². The molecule has 3 nitrogen and oxygen atoms in total. The summed E-state index contributed by atoms with van der Waals surface area (Å²) in [5, 5.41) is 9.91. The third-order valence-electron chi connectivity index (χ3n) is 4.88. The maximum Gasteiger partial charge on any atom is 0.0718 e. The Morgan fingerprint density at radius 2 is 1.68 bits per heavy atom. The number of β-amino-alcohol motifs (C(OH)–C–C–N with tert-alkyl or cyclic N) is 1. The first-order chi connectivity index (χ1) is 8.99. The fourth-order valence-electron chi connectivity index (χ4n) is 3.95. The number of nitrogens with zero attached hydrogens (tertiary/aromatic N) is 2. The monoisotopic (exact) mass is 268 g/mol. The summed E-state index contributed by atoms with van der Waals surface area (Å²) in [4.78, 5) is 5.15. The van der Waals surface area contributed by atoms with E-state index in [-0.39, 0.29) is 0 Å². The third-order valence-corrected chi connectivity index (χ3v) is 4.88. The van der Waals surface area contributed by atoms with Crippen molar-refractivity contribution in [3.63, 3.8) is 0 Å². The molecule has 2 fully saturated rings. The number of hydrogen-bond acceptors (Lipinski definition) is 3. The van der Waals surface area contributed by atoms with E-state index in [0.717, 1.165) is 31.6 Å². The largest absolute Gasteiger partial charge is 0.389 e. The topological polar surface area (TPSA) is 26.7 Å². The molecule has 1 aliphatic carbocycles. The minimum absolute atomic E-state index is 0.557. The van der Waals surface area contributed by atoms with Crippen LogP contribution in [0.15, 0.2) is 0 Å². The molecule has 0 amide bonds. The highest BCUT2D eigenvalue weighted by atomic mass is 16.3. The predicted octanol–water partition coefficient (Wildman–Crippen LogP) is 2.34. The van der Waals surface area contributed by atoms with Gasteiger partial charge in [0.1, 0.15) is 0 Å². The van der Waals surface area contributed by atoms with E-state index in [0.29, 0.717) is 0 Å². The number of piperazine rings is 1. The van der Waals surface area contributed by atoms with Gasteiger partial charge >= 0.3 is 0 Å². The average molecular weight is 268 g/mol. The van der Waals surface area contributed by atoms with E-state index >= 15 is 0 Å². The van der Waals surface area contributed by atoms with Gasteiger partial charge < -0.3 is 5.11 Å². The lowest BCUT2D eigenvalue weighted by Gasteiger charge is -2.45. The number of hydrogen-bond donors (Lipinski definition) is 1. The summed E-state index contributed by atoms with van der Waals surface area (Å²) in [6.45, 7) is 11.6. The van der Waals surface area contributed by atoms with E-state index in [1.165, 1.54) is 45.2 Å². The highest BCUT2D eigenvalue weighted by Crippen LogP contribution is 2.31. The number of aliphatic hydroxyl groups is 1. The highest BCUT2D eigenvalue weighted by Gasteiger charge is 2.31. The van der Waals surface area contributed by atoms with Gasteiger partial charge in [-0.05, 0) is 32.6 Å². The Morgan fingerprint density at radius 3 is 2.26 bits per heavy atom. The Bertz CT molecular complexity index is 266. The standard InChI is InChI=1S/C16H32N2O/c1-4-14-7-5-6-8-15(14)18-11-9-17(10-12-18)13-16(2,3)19/h14-15,19H,4-13H2,1-3H3. The second-order valence-electron chi connectivity index (χ2n) is 7.14. The fraction of sp³-hybridized carbons (Fsp3) is 1.00. The van der Waals surface area contributed by atoms with Crippen molar-refractivity contribution in [1.29, 1.82) is 0 Å². The summed E-state index contributed by atoms with van der Waals surface area (Å²) in [6.07, 6.45) is 7.04. The molecule has 2 aliphatic rings. The minimum atomic E-state index is -0.557. The Balaban J connectivity index is 1.82. The van der Waals surface area contributed by atoms with Crippen LogP contribution in [0.5, 0.6) is 0 Å². The molecule has 0 radical (unpaired) electrons.